The number of piperidine rings is 1. The van der Waals surface area contributed by atoms with Gasteiger partial charge >= 0.3 is 12.1 Å². The summed E-state index contributed by atoms with van der Waals surface area (Å²) in [4.78, 5) is 28.0. The molecule has 0 radical (unpaired) electrons. The van der Waals surface area contributed by atoms with Gasteiger partial charge in [0.2, 0.25) is 11.8 Å². The molecule has 9 heteroatoms. The number of nitrogens with one attached hydrogen (secondary N) is 1. The van der Waals surface area contributed by atoms with Crippen molar-refractivity contribution in [2.75, 3.05) is 20.1 Å². The van der Waals surface area contributed by atoms with Crippen LogP contribution in [0.4, 0.5) is 9.59 Å². The number of carbonyl (C=O) groups excluding carboxylic acids is 2. The summed E-state index contributed by atoms with van der Waals surface area (Å²) in [5, 5.41) is 11.2. The second-order valence-corrected chi connectivity index (χ2v) is 9.56. The van der Waals surface area contributed by atoms with Gasteiger partial charge in [-0.3, -0.25) is 0 Å². The summed E-state index contributed by atoms with van der Waals surface area (Å²) < 4.78 is 11.1. The smallest absolute Gasteiger partial charge is 0.407 e. The van der Waals surface area contributed by atoms with E-state index in [1.165, 1.54) is 12.8 Å². The van der Waals surface area contributed by atoms with E-state index >= 15 is 0 Å². The fourth-order valence-electron chi connectivity index (χ4n) is 4.55. The molecule has 3 fully saturated rings. The molecule has 3 heterocycles. The minimum atomic E-state index is -0.492. The lowest BCUT2D eigenvalue weighted by molar-refractivity contribution is 0.0527. The molecule has 2 atom stereocenters. The number of nitrogens with zero attached hydrogens (tertiary/aromatic N) is 4. The Kier molecular flexibility index (Phi) is 4.94. The Morgan fingerprint density at radius 3 is 2.76 bits per heavy atom. The Balaban J connectivity index is 1.26. The summed E-state index contributed by atoms with van der Waals surface area (Å²) in [6.45, 7) is 6.81. The number of fused-ring (bicyclic) bond motifs is 3. The highest BCUT2D eigenvalue weighted by Crippen LogP contribution is 2.61. The summed E-state index contributed by atoms with van der Waals surface area (Å²) >= 11 is 0. The zero-order chi connectivity index (χ0) is 20.8. The zero-order valence-corrected chi connectivity index (χ0v) is 17.7. The van der Waals surface area contributed by atoms with Crippen LogP contribution in [0, 0.1) is 5.41 Å². The van der Waals surface area contributed by atoms with Crippen molar-refractivity contribution >= 4 is 12.1 Å². The van der Waals surface area contributed by atoms with E-state index in [1.807, 2.05) is 37.6 Å². The van der Waals surface area contributed by atoms with Gasteiger partial charge in [-0.15, -0.1) is 10.2 Å². The highest BCUT2D eigenvalue weighted by Gasteiger charge is 2.62. The van der Waals surface area contributed by atoms with Crippen molar-refractivity contribution in [3.05, 3.63) is 11.8 Å². The van der Waals surface area contributed by atoms with Gasteiger partial charge in [-0.05, 0) is 58.3 Å². The lowest BCUT2D eigenvalue weighted by Gasteiger charge is -2.35. The SMILES string of the molecule is CN1C(=O)N2C[C@@H]1C1(CC1)C[C@H]2c1nnc(CCCCNC(=O)OC(C)(C)C)o1. The van der Waals surface area contributed by atoms with Gasteiger partial charge in [0.1, 0.15) is 11.6 Å². The normalized spacial score (nSPS) is 24.9. The van der Waals surface area contributed by atoms with Gasteiger partial charge in [0, 0.05) is 26.6 Å². The highest BCUT2D eigenvalue weighted by atomic mass is 16.6. The number of hydrogen-bond acceptors (Lipinski definition) is 6. The van der Waals surface area contributed by atoms with Crippen LogP contribution in [0.25, 0.3) is 0 Å². The number of unbranched alkanes of at least 4 members (excludes halogenated alkanes) is 1. The number of hydrogen-bond donors (Lipinski definition) is 1. The fourth-order valence-corrected chi connectivity index (χ4v) is 4.55. The number of likely N-dealkylation sites (N-methyl/N-ethyl adjacent to an activating group) is 1. The number of amides is 3. The van der Waals surface area contributed by atoms with Crippen molar-refractivity contribution in [3.8, 4) is 0 Å². The van der Waals surface area contributed by atoms with Crippen molar-refractivity contribution < 1.29 is 18.7 Å². The van der Waals surface area contributed by atoms with Gasteiger partial charge in [0.05, 0.1) is 6.04 Å². The Hall–Kier alpha value is -2.32. The Morgan fingerprint density at radius 2 is 2.07 bits per heavy atom. The molecular weight excluding hydrogens is 374 g/mol. The van der Waals surface area contributed by atoms with E-state index in [0.29, 0.717) is 30.8 Å². The molecule has 160 valence electrons. The second-order valence-electron chi connectivity index (χ2n) is 9.56. The first kappa shape index (κ1) is 20.0. The first-order chi connectivity index (χ1) is 13.7. The first-order valence-corrected chi connectivity index (χ1v) is 10.5. The van der Waals surface area contributed by atoms with E-state index in [0.717, 1.165) is 25.8 Å². The molecule has 0 unspecified atom stereocenters. The number of rotatable bonds is 6. The Morgan fingerprint density at radius 1 is 1.31 bits per heavy atom. The van der Waals surface area contributed by atoms with E-state index in [4.69, 9.17) is 9.15 Å². The average Bonchev–Trinajstić information content (AvgIpc) is 3.14. The van der Waals surface area contributed by atoms with Gasteiger partial charge in [-0.25, -0.2) is 9.59 Å². The van der Waals surface area contributed by atoms with Crippen molar-refractivity contribution in [3.63, 3.8) is 0 Å². The van der Waals surface area contributed by atoms with Crippen LogP contribution in [0.2, 0.25) is 0 Å². The summed E-state index contributed by atoms with van der Waals surface area (Å²) in [7, 11) is 1.90. The molecule has 29 heavy (non-hydrogen) atoms. The molecule has 3 aliphatic rings. The minimum absolute atomic E-state index is 0.0664. The summed E-state index contributed by atoms with van der Waals surface area (Å²) in [6.07, 6.45) is 5.12. The van der Waals surface area contributed by atoms with E-state index in [9.17, 15) is 9.59 Å². The number of ether oxygens (including phenoxy) is 1. The molecule has 1 aromatic rings. The van der Waals surface area contributed by atoms with Gasteiger partial charge < -0.3 is 24.3 Å². The third-order valence-corrected chi connectivity index (χ3v) is 6.21. The van der Waals surface area contributed by atoms with Crippen LogP contribution < -0.4 is 5.32 Å². The molecule has 2 aliphatic heterocycles. The third kappa shape index (κ3) is 4.04. The van der Waals surface area contributed by atoms with Crippen LogP contribution in [-0.4, -0.2) is 63.9 Å². The molecule has 2 saturated heterocycles. The molecule has 3 amide bonds. The monoisotopic (exact) mass is 405 g/mol. The molecule has 1 N–H and O–H groups in total. The van der Waals surface area contributed by atoms with Crippen LogP contribution in [0.1, 0.15) is 70.7 Å². The second kappa shape index (κ2) is 7.18. The van der Waals surface area contributed by atoms with Crippen molar-refractivity contribution in [2.45, 2.75) is 77.0 Å². The fraction of sp³-hybridized carbons (Fsp3) is 0.800. The molecular formula is C20H31N5O4. The van der Waals surface area contributed by atoms with Crippen LogP contribution in [0.15, 0.2) is 4.42 Å². The van der Waals surface area contributed by atoms with Crippen LogP contribution in [0.5, 0.6) is 0 Å². The number of urea groups is 1. The molecule has 9 nitrogen and oxygen atoms in total. The molecule has 1 saturated carbocycles. The standard InChI is InChI=1S/C20H31N5O4/c1-19(2,3)29-17(26)21-10-6-5-7-15-22-23-16(28-15)13-11-20(8-9-20)14-12-25(13)18(27)24(14)4/h13-14H,5-12H2,1-4H3,(H,21,26)/t13-,14+/m0/s1. The molecule has 1 aliphatic carbocycles. The number of carbonyl (C=O) groups is 2. The molecule has 0 aromatic carbocycles. The van der Waals surface area contributed by atoms with Gasteiger partial charge in [0.15, 0.2) is 0 Å². The zero-order valence-electron chi connectivity index (χ0n) is 17.7. The van der Waals surface area contributed by atoms with Gasteiger partial charge in [-0.1, -0.05) is 0 Å². The topological polar surface area (TPSA) is 101 Å². The lowest BCUT2D eigenvalue weighted by atomic mass is 9.85. The molecule has 1 aromatic heterocycles. The number of aromatic nitrogens is 2. The van der Waals surface area contributed by atoms with Crippen molar-refractivity contribution in [2.24, 2.45) is 5.41 Å². The molecule has 4 rings (SSSR count). The summed E-state index contributed by atoms with van der Waals surface area (Å²) in [6, 6.07) is 0.282. The van der Waals surface area contributed by atoms with Gasteiger partial charge in [0.25, 0.3) is 0 Å². The summed E-state index contributed by atoms with van der Waals surface area (Å²) in [5.74, 6) is 1.14. The molecule has 1 spiro atoms. The van der Waals surface area contributed by atoms with Gasteiger partial charge in [-0.2, -0.15) is 0 Å². The number of alkyl carbamates (subject to hydrolysis) is 1. The highest BCUT2D eigenvalue weighted by molar-refractivity contribution is 5.78. The maximum Gasteiger partial charge on any atom is 0.407 e. The first-order valence-electron chi connectivity index (χ1n) is 10.5. The quantitative estimate of drug-likeness (QED) is 0.731. The maximum absolute atomic E-state index is 12.6. The van der Waals surface area contributed by atoms with Crippen LogP contribution >= 0.6 is 0 Å². The minimum Gasteiger partial charge on any atom is -0.444 e. The largest absolute Gasteiger partial charge is 0.444 e. The van der Waals surface area contributed by atoms with Crippen LogP contribution in [-0.2, 0) is 11.2 Å². The van der Waals surface area contributed by atoms with E-state index in [1.54, 1.807) is 0 Å². The van der Waals surface area contributed by atoms with Crippen molar-refractivity contribution in [1.82, 2.24) is 25.3 Å². The van der Waals surface area contributed by atoms with Crippen molar-refractivity contribution in [1.29, 1.82) is 0 Å². The predicted molar refractivity (Wildman–Crippen MR) is 104 cm³/mol. The predicted octanol–water partition coefficient (Wildman–Crippen LogP) is 2.88. The van der Waals surface area contributed by atoms with E-state index in [2.05, 4.69) is 15.5 Å². The van der Waals surface area contributed by atoms with E-state index in [-0.39, 0.29) is 17.5 Å². The Labute approximate surface area is 171 Å². The Bertz CT molecular complexity index is 782. The average molecular weight is 405 g/mol. The van der Waals surface area contributed by atoms with Crippen LogP contribution in [0.3, 0.4) is 0 Å². The maximum atomic E-state index is 12.6. The molecule has 2 bridgehead atoms. The third-order valence-electron chi connectivity index (χ3n) is 6.21. The lowest BCUT2D eigenvalue weighted by Crippen LogP contribution is -2.41. The number of aryl methyl sites for hydroxylation is 1. The summed E-state index contributed by atoms with van der Waals surface area (Å²) in [5.41, 5.74) is -0.252. The van der Waals surface area contributed by atoms with E-state index < -0.39 is 11.7 Å².